The molecule has 7 nitrogen and oxygen atoms in total. The smallest absolute Gasteiger partial charge is 0.253 e. The molecule has 2 aliphatic rings. The fourth-order valence-corrected chi connectivity index (χ4v) is 4.16. The lowest BCUT2D eigenvalue weighted by Gasteiger charge is -2.31. The molecule has 2 fully saturated rings. The Labute approximate surface area is 189 Å². The van der Waals surface area contributed by atoms with E-state index >= 15 is 0 Å². The molecule has 2 aliphatic heterocycles. The van der Waals surface area contributed by atoms with E-state index in [0.717, 1.165) is 44.6 Å². The van der Waals surface area contributed by atoms with E-state index in [1.54, 1.807) is 24.3 Å². The van der Waals surface area contributed by atoms with E-state index in [9.17, 15) is 9.59 Å². The summed E-state index contributed by atoms with van der Waals surface area (Å²) in [6.07, 6.45) is 1.49. The number of nitrogens with zero attached hydrogens (tertiary/aromatic N) is 1. The average Bonchev–Trinajstić information content (AvgIpc) is 3.33. The van der Waals surface area contributed by atoms with Crippen molar-refractivity contribution in [1.82, 2.24) is 10.2 Å². The van der Waals surface area contributed by atoms with Crippen LogP contribution in [0.4, 0.5) is 5.69 Å². The summed E-state index contributed by atoms with van der Waals surface area (Å²) in [5.74, 6) is -0.336. The molecule has 0 aromatic heterocycles. The van der Waals surface area contributed by atoms with E-state index in [-0.39, 0.29) is 17.9 Å². The predicted octanol–water partition coefficient (Wildman–Crippen LogP) is 2.95. The molecule has 2 unspecified atom stereocenters. The number of carbonyl (C=O) groups is 2. The van der Waals surface area contributed by atoms with Crippen molar-refractivity contribution in [3.8, 4) is 0 Å². The van der Waals surface area contributed by atoms with Gasteiger partial charge in [0.1, 0.15) is 6.10 Å². The maximum Gasteiger partial charge on any atom is 0.253 e. The Balaban J connectivity index is 1.31. The van der Waals surface area contributed by atoms with Crippen LogP contribution >= 0.6 is 0 Å². The minimum absolute atomic E-state index is 0.161. The summed E-state index contributed by atoms with van der Waals surface area (Å²) >= 11 is 0. The fourth-order valence-electron chi connectivity index (χ4n) is 4.16. The molecule has 170 valence electrons. The maximum absolute atomic E-state index is 12.7. The zero-order chi connectivity index (χ0) is 22.3. The Morgan fingerprint density at radius 2 is 1.91 bits per heavy atom. The molecule has 2 aromatic carbocycles. The third-order valence-electron chi connectivity index (χ3n) is 5.79. The number of hydrogen-bond donors (Lipinski definition) is 2. The van der Waals surface area contributed by atoms with Crippen LogP contribution in [-0.2, 0) is 27.4 Å². The Bertz CT molecular complexity index is 942. The number of rotatable bonds is 7. The molecule has 0 saturated carbocycles. The number of amides is 2. The van der Waals surface area contributed by atoms with E-state index in [1.807, 2.05) is 12.1 Å². The van der Waals surface area contributed by atoms with Crippen molar-refractivity contribution < 1.29 is 19.1 Å². The molecule has 2 saturated heterocycles. The van der Waals surface area contributed by atoms with Crippen LogP contribution in [0.25, 0.3) is 0 Å². The Kier molecular flexibility index (Phi) is 7.52. The van der Waals surface area contributed by atoms with Crippen LogP contribution in [0.2, 0.25) is 0 Å². The number of nitrogens with one attached hydrogen (secondary N) is 2. The molecule has 4 rings (SSSR count). The third kappa shape index (κ3) is 6.16. The van der Waals surface area contributed by atoms with E-state index in [1.165, 1.54) is 5.56 Å². The number of anilines is 1. The summed E-state index contributed by atoms with van der Waals surface area (Å²) < 4.78 is 11.0. The van der Waals surface area contributed by atoms with Gasteiger partial charge in [-0.3, -0.25) is 14.5 Å². The molecule has 0 spiro atoms. The topological polar surface area (TPSA) is 79.9 Å². The van der Waals surface area contributed by atoms with Gasteiger partial charge in [-0.15, -0.1) is 0 Å². The molecule has 32 heavy (non-hydrogen) atoms. The van der Waals surface area contributed by atoms with Gasteiger partial charge in [0.25, 0.3) is 11.8 Å². The standard InChI is InChI=1S/C25H31N3O4/c1-18-16-28(10-12-31-18)17-20-6-2-5-19(13-20)15-26-24(29)21-7-3-8-22(14-21)27-25(30)23-9-4-11-32-23/h2-3,5-8,13-14,18,23H,4,9-12,15-17H2,1H3,(H,26,29)(H,27,30). The molecule has 2 amide bonds. The van der Waals surface area contributed by atoms with Gasteiger partial charge in [0.2, 0.25) is 0 Å². The largest absolute Gasteiger partial charge is 0.376 e. The highest BCUT2D eigenvalue weighted by Crippen LogP contribution is 2.17. The van der Waals surface area contributed by atoms with E-state index < -0.39 is 6.10 Å². The van der Waals surface area contributed by atoms with Gasteiger partial charge >= 0.3 is 0 Å². The van der Waals surface area contributed by atoms with Crippen molar-refractivity contribution in [2.45, 2.75) is 45.1 Å². The van der Waals surface area contributed by atoms with Gasteiger partial charge in [-0.1, -0.05) is 30.3 Å². The van der Waals surface area contributed by atoms with E-state index in [4.69, 9.17) is 9.47 Å². The number of hydrogen-bond acceptors (Lipinski definition) is 5. The first-order valence-electron chi connectivity index (χ1n) is 11.3. The summed E-state index contributed by atoms with van der Waals surface area (Å²) in [6, 6.07) is 15.3. The Morgan fingerprint density at radius 1 is 1.06 bits per heavy atom. The molecule has 7 heteroatoms. The number of benzene rings is 2. The molecule has 2 atom stereocenters. The number of morpholine rings is 1. The molecule has 0 bridgehead atoms. The third-order valence-corrected chi connectivity index (χ3v) is 5.79. The lowest BCUT2D eigenvalue weighted by atomic mass is 10.1. The van der Waals surface area contributed by atoms with Gasteiger partial charge in [0, 0.05) is 44.0 Å². The van der Waals surface area contributed by atoms with Gasteiger partial charge in [0.05, 0.1) is 12.7 Å². The van der Waals surface area contributed by atoms with Crippen molar-refractivity contribution in [2.75, 3.05) is 31.6 Å². The maximum atomic E-state index is 12.7. The fraction of sp³-hybridized carbons (Fsp3) is 0.440. The normalized spacial score (nSPS) is 21.3. The zero-order valence-electron chi connectivity index (χ0n) is 18.5. The van der Waals surface area contributed by atoms with Crippen LogP contribution in [0.15, 0.2) is 48.5 Å². The van der Waals surface area contributed by atoms with Crippen LogP contribution < -0.4 is 10.6 Å². The predicted molar refractivity (Wildman–Crippen MR) is 122 cm³/mol. The summed E-state index contributed by atoms with van der Waals surface area (Å²) in [4.78, 5) is 27.3. The van der Waals surface area contributed by atoms with Gasteiger partial charge in [-0.25, -0.2) is 0 Å². The Morgan fingerprint density at radius 3 is 2.72 bits per heavy atom. The first kappa shape index (κ1) is 22.5. The molecule has 0 aliphatic carbocycles. The van der Waals surface area contributed by atoms with Gasteiger partial charge in [0.15, 0.2) is 0 Å². The minimum Gasteiger partial charge on any atom is -0.376 e. The molecule has 2 heterocycles. The highest BCUT2D eigenvalue weighted by molar-refractivity contribution is 5.98. The van der Waals surface area contributed by atoms with E-state index in [0.29, 0.717) is 24.4 Å². The number of ether oxygens (including phenoxy) is 2. The average molecular weight is 438 g/mol. The lowest BCUT2D eigenvalue weighted by Crippen LogP contribution is -2.40. The Hall–Kier alpha value is -2.74. The van der Waals surface area contributed by atoms with Crippen molar-refractivity contribution >= 4 is 17.5 Å². The summed E-state index contributed by atoms with van der Waals surface area (Å²) in [5, 5.41) is 5.82. The summed E-state index contributed by atoms with van der Waals surface area (Å²) in [7, 11) is 0. The highest BCUT2D eigenvalue weighted by Gasteiger charge is 2.23. The second kappa shape index (κ2) is 10.7. The first-order valence-corrected chi connectivity index (χ1v) is 11.3. The molecular weight excluding hydrogens is 406 g/mol. The van der Waals surface area contributed by atoms with Crippen LogP contribution in [0, 0.1) is 0 Å². The van der Waals surface area contributed by atoms with Crippen LogP contribution in [0.3, 0.4) is 0 Å². The zero-order valence-corrected chi connectivity index (χ0v) is 18.5. The van der Waals surface area contributed by atoms with Crippen molar-refractivity contribution in [1.29, 1.82) is 0 Å². The second-order valence-electron chi connectivity index (χ2n) is 8.49. The summed E-state index contributed by atoms with van der Waals surface area (Å²) in [5.41, 5.74) is 3.39. The number of carbonyl (C=O) groups excluding carboxylic acids is 2. The summed E-state index contributed by atoms with van der Waals surface area (Å²) in [6.45, 7) is 6.67. The molecule has 2 aromatic rings. The van der Waals surface area contributed by atoms with Gasteiger partial charge in [-0.05, 0) is 49.1 Å². The van der Waals surface area contributed by atoms with Gasteiger partial charge in [-0.2, -0.15) is 0 Å². The monoisotopic (exact) mass is 437 g/mol. The minimum atomic E-state index is -0.402. The van der Waals surface area contributed by atoms with Crippen molar-refractivity contribution in [2.24, 2.45) is 0 Å². The van der Waals surface area contributed by atoms with Crippen molar-refractivity contribution in [3.05, 3.63) is 65.2 Å². The quantitative estimate of drug-likeness (QED) is 0.696. The highest BCUT2D eigenvalue weighted by atomic mass is 16.5. The molecule has 0 radical (unpaired) electrons. The first-order chi connectivity index (χ1) is 15.6. The van der Waals surface area contributed by atoms with Crippen LogP contribution in [-0.4, -0.2) is 55.2 Å². The van der Waals surface area contributed by atoms with E-state index in [2.05, 4.69) is 34.6 Å². The molecular formula is C25H31N3O4. The SMILES string of the molecule is CC1CN(Cc2cccc(CNC(=O)c3cccc(NC(=O)C4CCCO4)c3)c2)CCO1. The second-order valence-corrected chi connectivity index (χ2v) is 8.49. The van der Waals surface area contributed by atoms with Gasteiger partial charge < -0.3 is 20.1 Å². The van der Waals surface area contributed by atoms with Crippen LogP contribution in [0.5, 0.6) is 0 Å². The van der Waals surface area contributed by atoms with Crippen LogP contribution in [0.1, 0.15) is 41.3 Å². The molecule has 2 N–H and O–H groups in total. The van der Waals surface area contributed by atoms with Crippen molar-refractivity contribution in [3.63, 3.8) is 0 Å². The lowest BCUT2D eigenvalue weighted by molar-refractivity contribution is -0.124.